The van der Waals surface area contributed by atoms with Crippen LogP contribution >= 0.6 is 11.3 Å². The highest BCUT2D eigenvalue weighted by molar-refractivity contribution is 7.17. The smallest absolute Gasteiger partial charge is 0.324 e. The van der Waals surface area contributed by atoms with Crippen LogP contribution in [0.25, 0.3) is 0 Å². The number of anilines is 1. The van der Waals surface area contributed by atoms with Crippen LogP contribution in [0.5, 0.6) is 0 Å². The predicted molar refractivity (Wildman–Crippen MR) is 52.7 cm³/mol. The highest BCUT2D eigenvalue weighted by Gasteiger charge is 2.41. The number of nitrogens with one attached hydrogen (secondary N) is 2. The molecule has 1 aromatic heterocycles. The summed E-state index contributed by atoms with van der Waals surface area (Å²) < 4.78 is 48.5. The number of carbonyl (C=O) groups excluding carboxylic acids is 1. The minimum Gasteiger partial charge on any atom is -0.363 e. The van der Waals surface area contributed by atoms with Gasteiger partial charge < -0.3 is 10.6 Å². The Kier molecular flexibility index (Phi) is 4.21. The van der Waals surface area contributed by atoms with Crippen molar-refractivity contribution in [2.75, 3.05) is 18.9 Å². The summed E-state index contributed by atoms with van der Waals surface area (Å²) in [7, 11) is 1.53. The van der Waals surface area contributed by atoms with Gasteiger partial charge in [0.15, 0.2) is 0 Å². The van der Waals surface area contributed by atoms with Crippen LogP contribution in [0.3, 0.4) is 0 Å². The second kappa shape index (κ2) is 5.25. The molecule has 0 saturated carbocycles. The molecular weight excluding hydrogens is 264 g/mol. The predicted octanol–water partition coefficient (Wildman–Crippen LogP) is 1.21. The summed E-state index contributed by atoms with van der Waals surface area (Å²) in [5.41, 5.74) is 0. The maximum Gasteiger partial charge on any atom is 0.324 e. The summed E-state index contributed by atoms with van der Waals surface area (Å²) in [5.74, 6) is -5.23. The largest absolute Gasteiger partial charge is 0.363 e. The number of rotatable bonds is 5. The molecule has 0 aliphatic carbocycles. The van der Waals surface area contributed by atoms with E-state index >= 15 is 0 Å². The van der Waals surface area contributed by atoms with Gasteiger partial charge in [0.05, 0.1) is 6.54 Å². The Morgan fingerprint density at radius 2 is 2.12 bits per heavy atom. The number of hydrogen-bond donors (Lipinski definition) is 2. The van der Waals surface area contributed by atoms with E-state index < -0.39 is 24.8 Å². The van der Waals surface area contributed by atoms with Gasteiger partial charge in [-0.05, 0) is 0 Å². The maximum atomic E-state index is 12.5. The Labute approximate surface area is 97.2 Å². The molecule has 0 spiro atoms. The Morgan fingerprint density at radius 1 is 1.47 bits per heavy atom. The van der Waals surface area contributed by atoms with Crippen molar-refractivity contribution in [3.05, 3.63) is 5.01 Å². The van der Waals surface area contributed by atoms with E-state index in [4.69, 9.17) is 0 Å². The average Bonchev–Trinajstić information content (AvgIpc) is 2.74. The molecule has 0 aliphatic heterocycles. The first-order chi connectivity index (χ1) is 7.86. The molecule has 1 amide bonds. The van der Waals surface area contributed by atoms with Gasteiger partial charge in [0.25, 0.3) is 5.91 Å². The lowest BCUT2D eigenvalue weighted by Crippen LogP contribution is -2.41. The third kappa shape index (κ3) is 3.51. The third-order valence-corrected chi connectivity index (χ3v) is 2.58. The fourth-order valence-corrected chi connectivity index (χ4v) is 1.38. The molecule has 1 aromatic rings. The Hall–Kier alpha value is -1.45. The standard InChI is InChI=1S/C7H8F4N4OS/c1-12-6-15-14-4(17-6)3(16)13-2-7(10,11)5(8)9/h5H,2H2,1H3,(H,12,15)(H,13,16). The van der Waals surface area contributed by atoms with Crippen molar-refractivity contribution < 1.29 is 22.4 Å². The highest BCUT2D eigenvalue weighted by Crippen LogP contribution is 2.22. The van der Waals surface area contributed by atoms with Crippen LogP contribution in [-0.2, 0) is 0 Å². The highest BCUT2D eigenvalue weighted by atomic mass is 32.1. The van der Waals surface area contributed by atoms with Crippen LogP contribution in [0.2, 0.25) is 0 Å². The first-order valence-corrected chi connectivity index (χ1v) is 5.14. The zero-order valence-corrected chi connectivity index (χ0v) is 9.32. The van der Waals surface area contributed by atoms with E-state index in [0.29, 0.717) is 5.13 Å². The molecular formula is C7H8F4N4OS. The summed E-state index contributed by atoms with van der Waals surface area (Å²) in [4.78, 5) is 11.2. The lowest BCUT2D eigenvalue weighted by molar-refractivity contribution is -0.123. The molecule has 96 valence electrons. The molecule has 2 N–H and O–H groups in total. The number of aromatic nitrogens is 2. The topological polar surface area (TPSA) is 66.9 Å². The minimum atomic E-state index is -4.26. The SMILES string of the molecule is CNc1nnc(C(=O)NCC(F)(F)C(F)F)s1. The molecule has 1 rings (SSSR count). The van der Waals surface area contributed by atoms with Gasteiger partial charge in [-0.1, -0.05) is 11.3 Å². The minimum absolute atomic E-state index is 0.181. The number of hydrogen-bond acceptors (Lipinski definition) is 5. The molecule has 5 nitrogen and oxygen atoms in total. The molecule has 0 atom stereocenters. The van der Waals surface area contributed by atoms with Crippen molar-refractivity contribution in [2.45, 2.75) is 12.3 Å². The van der Waals surface area contributed by atoms with Crippen molar-refractivity contribution in [3.8, 4) is 0 Å². The first-order valence-electron chi connectivity index (χ1n) is 4.32. The quantitative estimate of drug-likeness (QED) is 0.791. The number of nitrogens with zero attached hydrogens (tertiary/aromatic N) is 2. The van der Waals surface area contributed by atoms with Crippen LogP contribution in [0.15, 0.2) is 0 Å². The summed E-state index contributed by atoms with van der Waals surface area (Å²) in [5, 5.41) is 11.3. The van der Waals surface area contributed by atoms with E-state index in [0.717, 1.165) is 11.3 Å². The monoisotopic (exact) mass is 272 g/mol. The normalized spacial score (nSPS) is 11.6. The summed E-state index contributed by atoms with van der Waals surface area (Å²) >= 11 is 0.822. The molecule has 1 heterocycles. The van der Waals surface area contributed by atoms with Crippen LogP contribution in [0.4, 0.5) is 22.7 Å². The lowest BCUT2D eigenvalue weighted by atomic mass is 10.3. The van der Waals surface area contributed by atoms with Gasteiger partial charge in [0.1, 0.15) is 0 Å². The van der Waals surface area contributed by atoms with Gasteiger partial charge in [-0.3, -0.25) is 4.79 Å². The van der Waals surface area contributed by atoms with E-state index in [2.05, 4.69) is 15.5 Å². The average molecular weight is 272 g/mol. The lowest BCUT2D eigenvalue weighted by Gasteiger charge is -2.14. The molecule has 0 bridgehead atoms. The van der Waals surface area contributed by atoms with Crippen molar-refractivity contribution in [1.29, 1.82) is 0 Å². The van der Waals surface area contributed by atoms with E-state index in [-0.39, 0.29) is 5.01 Å². The molecule has 0 radical (unpaired) electrons. The molecule has 0 saturated heterocycles. The van der Waals surface area contributed by atoms with E-state index in [9.17, 15) is 22.4 Å². The van der Waals surface area contributed by atoms with E-state index in [1.165, 1.54) is 7.05 Å². The van der Waals surface area contributed by atoms with Crippen molar-refractivity contribution in [3.63, 3.8) is 0 Å². The van der Waals surface area contributed by atoms with Crippen LogP contribution < -0.4 is 10.6 Å². The summed E-state index contributed by atoms with van der Waals surface area (Å²) in [6.07, 6.45) is -3.83. The first kappa shape index (κ1) is 13.6. The van der Waals surface area contributed by atoms with Gasteiger partial charge in [-0.25, -0.2) is 8.78 Å². The zero-order chi connectivity index (χ0) is 13.1. The zero-order valence-electron chi connectivity index (χ0n) is 8.51. The molecule has 17 heavy (non-hydrogen) atoms. The van der Waals surface area contributed by atoms with Gasteiger partial charge in [-0.15, -0.1) is 10.2 Å². The summed E-state index contributed by atoms with van der Waals surface area (Å²) in [6, 6.07) is 0. The van der Waals surface area contributed by atoms with Crippen molar-refractivity contribution in [1.82, 2.24) is 15.5 Å². The van der Waals surface area contributed by atoms with E-state index in [1.54, 1.807) is 5.32 Å². The van der Waals surface area contributed by atoms with Crippen LogP contribution in [0, 0.1) is 0 Å². The fraction of sp³-hybridized carbons (Fsp3) is 0.571. The van der Waals surface area contributed by atoms with Gasteiger partial charge >= 0.3 is 12.3 Å². The van der Waals surface area contributed by atoms with Crippen LogP contribution in [0.1, 0.15) is 9.80 Å². The Balaban J connectivity index is 2.56. The molecule has 0 fully saturated rings. The second-order valence-corrected chi connectivity index (χ2v) is 3.88. The molecule has 0 aromatic carbocycles. The Morgan fingerprint density at radius 3 is 2.59 bits per heavy atom. The third-order valence-electron chi connectivity index (χ3n) is 1.64. The van der Waals surface area contributed by atoms with Crippen molar-refractivity contribution in [2.24, 2.45) is 0 Å². The second-order valence-electron chi connectivity index (χ2n) is 2.91. The van der Waals surface area contributed by atoms with Gasteiger partial charge in [0.2, 0.25) is 10.1 Å². The maximum absolute atomic E-state index is 12.5. The van der Waals surface area contributed by atoms with Crippen molar-refractivity contribution >= 4 is 22.4 Å². The molecule has 0 aliphatic rings. The van der Waals surface area contributed by atoms with Gasteiger partial charge in [-0.2, -0.15) is 8.78 Å². The number of carbonyl (C=O) groups is 1. The number of halogens is 4. The fourth-order valence-electron chi connectivity index (χ4n) is 0.767. The summed E-state index contributed by atoms with van der Waals surface area (Å²) in [6.45, 7) is -1.45. The number of amides is 1. The Bertz CT molecular complexity index is 397. The number of alkyl halides is 4. The van der Waals surface area contributed by atoms with Gasteiger partial charge in [0, 0.05) is 7.05 Å². The molecule has 10 heteroatoms. The van der Waals surface area contributed by atoms with Crippen LogP contribution in [-0.4, -0.2) is 42.0 Å². The van der Waals surface area contributed by atoms with E-state index in [1.807, 2.05) is 0 Å². The molecule has 0 unspecified atom stereocenters.